The summed E-state index contributed by atoms with van der Waals surface area (Å²) in [6, 6.07) is 4.97. The summed E-state index contributed by atoms with van der Waals surface area (Å²) in [5.41, 5.74) is 0.836. The molecule has 126 valence electrons. The molecule has 0 radical (unpaired) electrons. The predicted molar refractivity (Wildman–Crippen MR) is 98.8 cm³/mol. The number of piperazine rings is 1. The molecule has 1 aliphatic heterocycles. The van der Waals surface area contributed by atoms with Gasteiger partial charge in [-0.2, -0.15) is 0 Å². The van der Waals surface area contributed by atoms with Crippen molar-refractivity contribution in [3.05, 3.63) is 50.8 Å². The Morgan fingerprint density at radius 1 is 1.42 bits per heavy atom. The molecule has 1 atom stereocenters. The van der Waals surface area contributed by atoms with Gasteiger partial charge in [0.1, 0.15) is 5.58 Å². The molecule has 0 saturated carbocycles. The highest BCUT2D eigenvalue weighted by Gasteiger charge is 2.27. The van der Waals surface area contributed by atoms with Crippen molar-refractivity contribution in [3.63, 3.8) is 0 Å². The molecule has 0 spiro atoms. The first kappa shape index (κ1) is 17.0. The maximum Gasteiger partial charge on any atom is 0.338 e. The lowest BCUT2D eigenvalue weighted by molar-refractivity contribution is -0.128. The van der Waals surface area contributed by atoms with E-state index in [2.05, 4.69) is 27.4 Å². The summed E-state index contributed by atoms with van der Waals surface area (Å²) in [7, 11) is 0. The molecule has 2 aromatic rings. The van der Waals surface area contributed by atoms with E-state index in [0.717, 1.165) is 11.1 Å². The van der Waals surface area contributed by atoms with Crippen molar-refractivity contribution in [1.29, 1.82) is 0 Å². The quantitative estimate of drug-likeness (QED) is 0.561. The van der Waals surface area contributed by atoms with Gasteiger partial charge in [-0.25, -0.2) is 4.79 Å². The van der Waals surface area contributed by atoms with E-state index in [9.17, 15) is 9.59 Å². The second-order valence-electron chi connectivity index (χ2n) is 5.74. The molecule has 1 aromatic carbocycles. The molecular weight excluding hydrogens is 396 g/mol. The van der Waals surface area contributed by atoms with E-state index in [4.69, 9.17) is 16.0 Å². The monoisotopic (exact) mass is 410 g/mol. The summed E-state index contributed by atoms with van der Waals surface area (Å²) in [6.45, 7) is 7.32. The van der Waals surface area contributed by atoms with Gasteiger partial charge in [0, 0.05) is 41.6 Å². The highest BCUT2D eigenvalue weighted by molar-refractivity contribution is 9.10. The van der Waals surface area contributed by atoms with Crippen LogP contribution in [0.3, 0.4) is 0 Å². The number of amides is 1. The van der Waals surface area contributed by atoms with Gasteiger partial charge in [0.25, 0.3) is 0 Å². The maximum atomic E-state index is 11.9. The van der Waals surface area contributed by atoms with Gasteiger partial charge < -0.3 is 14.2 Å². The van der Waals surface area contributed by atoms with Crippen LogP contribution in [0.1, 0.15) is 6.92 Å². The minimum atomic E-state index is -0.413. The molecule has 5 nitrogen and oxygen atoms in total. The molecule has 0 N–H and O–H groups in total. The fourth-order valence-corrected chi connectivity index (χ4v) is 3.51. The molecule has 1 fully saturated rings. The van der Waals surface area contributed by atoms with Crippen LogP contribution in [-0.2, 0) is 4.79 Å². The van der Waals surface area contributed by atoms with E-state index >= 15 is 0 Å². The summed E-state index contributed by atoms with van der Waals surface area (Å²) < 4.78 is 5.96. The van der Waals surface area contributed by atoms with Gasteiger partial charge in [-0.3, -0.25) is 4.79 Å². The van der Waals surface area contributed by atoms with E-state index in [1.807, 2.05) is 6.92 Å². The van der Waals surface area contributed by atoms with Crippen molar-refractivity contribution in [1.82, 2.24) is 4.90 Å². The molecule has 3 rings (SSSR count). The Balaban J connectivity index is 2.01. The predicted octanol–water partition coefficient (Wildman–Crippen LogP) is 3.43. The third-order valence-corrected chi connectivity index (χ3v) is 5.39. The zero-order valence-corrected chi connectivity index (χ0v) is 15.4. The fraction of sp³-hybridized carbons (Fsp3) is 0.294. The van der Waals surface area contributed by atoms with Gasteiger partial charge in [-0.1, -0.05) is 18.2 Å². The van der Waals surface area contributed by atoms with Gasteiger partial charge in [0.15, 0.2) is 0 Å². The van der Waals surface area contributed by atoms with E-state index in [0.29, 0.717) is 34.7 Å². The lowest BCUT2D eigenvalue weighted by Gasteiger charge is -2.40. The van der Waals surface area contributed by atoms with Crippen LogP contribution < -0.4 is 10.5 Å². The van der Waals surface area contributed by atoms with Crippen LogP contribution in [0.25, 0.3) is 11.0 Å². The molecule has 1 aliphatic rings. The van der Waals surface area contributed by atoms with Crippen molar-refractivity contribution in [3.8, 4) is 0 Å². The fourth-order valence-electron chi connectivity index (χ4n) is 3.02. The summed E-state index contributed by atoms with van der Waals surface area (Å²) in [5, 5.41) is 1.32. The molecule has 24 heavy (non-hydrogen) atoms. The lowest BCUT2D eigenvalue weighted by Crippen LogP contribution is -2.53. The highest BCUT2D eigenvalue weighted by Crippen LogP contribution is 2.33. The third kappa shape index (κ3) is 3.08. The van der Waals surface area contributed by atoms with Gasteiger partial charge in [-0.15, -0.1) is 0 Å². The number of halogens is 2. The highest BCUT2D eigenvalue weighted by atomic mass is 79.9. The first-order chi connectivity index (χ1) is 11.4. The maximum absolute atomic E-state index is 11.9. The molecule has 1 unspecified atom stereocenters. The summed E-state index contributed by atoms with van der Waals surface area (Å²) >= 11 is 9.54. The van der Waals surface area contributed by atoms with Crippen molar-refractivity contribution in [2.24, 2.45) is 0 Å². The molecular formula is C17H16BrClN2O3. The minimum Gasteiger partial charge on any atom is -0.423 e. The number of benzene rings is 1. The second kappa shape index (κ2) is 6.61. The number of rotatable bonds is 2. The molecule has 1 amide bonds. The number of nitrogens with zero attached hydrogens (tertiary/aromatic N) is 2. The number of carbonyl (C=O) groups excluding carboxylic acids is 1. The second-order valence-corrected chi connectivity index (χ2v) is 7.01. The molecule has 0 bridgehead atoms. The van der Waals surface area contributed by atoms with E-state index in [-0.39, 0.29) is 11.9 Å². The number of fused-ring (bicyclic) bond motifs is 1. The van der Waals surface area contributed by atoms with E-state index < -0.39 is 5.63 Å². The zero-order chi connectivity index (χ0) is 17.4. The zero-order valence-electron chi connectivity index (χ0n) is 13.1. The van der Waals surface area contributed by atoms with Crippen LogP contribution in [-0.4, -0.2) is 36.5 Å². The normalized spacial score (nSPS) is 18.0. The standard InChI is InChI=1S/C17H16BrClN2O3/c1-3-16(22)21-5-4-20(9-10(21)2)14-8-17(23)24-15-7-12(18)13(19)6-11(14)15/h3,6-8,10H,1,4-5,9H2,2H3. The SMILES string of the molecule is C=CC(=O)N1CCN(c2cc(=O)oc3cc(Br)c(Cl)cc23)CC1C. The first-order valence-corrected chi connectivity index (χ1v) is 8.68. The lowest BCUT2D eigenvalue weighted by atomic mass is 10.1. The number of hydrogen-bond donors (Lipinski definition) is 0. The number of carbonyl (C=O) groups is 1. The summed E-state index contributed by atoms with van der Waals surface area (Å²) in [5.74, 6) is -0.0773. The van der Waals surface area contributed by atoms with Crippen LogP contribution in [0.4, 0.5) is 5.69 Å². The van der Waals surface area contributed by atoms with Gasteiger partial charge in [0.2, 0.25) is 5.91 Å². The van der Waals surface area contributed by atoms with Crippen LogP contribution in [0, 0.1) is 0 Å². The smallest absolute Gasteiger partial charge is 0.338 e. The van der Waals surface area contributed by atoms with Crippen molar-refractivity contribution < 1.29 is 9.21 Å². The van der Waals surface area contributed by atoms with Crippen molar-refractivity contribution in [2.45, 2.75) is 13.0 Å². The Hall–Kier alpha value is -1.79. The van der Waals surface area contributed by atoms with Crippen LogP contribution in [0.2, 0.25) is 5.02 Å². The summed E-state index contributed by atoms with van der Waals surface area (Å²) in [6.07, 6.45) is 1.33. The van der Waals surface area contributed by atoms with E-state index in [1.54, 1.807) is 17.0 Å². The van der Waals surface area contributed by atoms with Crippen LogP contribution in [0.5, 0.6) is 0 Å². The van der Waals surface area contributed by atoms with Gasteiger partial charge >= 0.3 is 5.63 Å². The van der Waals surface area contributed by atoms with Crippen LogP contribution in [0.15, 0.2) is 44.5 Å². The molecule has 0 aliphatic carbocycles. The third-order valence-electron chi connectivity index (χ3n) is 4.19. The molecule has 1 saturated heterocycles. The topological polar surface area (TPSA) is 53.8 Å². The van der Waals surface area contributed by atoms with Gasteiger partial charge in [0.05, 0.1) is 10.7 Å². The van der Waals surface area contributed by atoms with Crippen molar-refractivity contribution in [2.75, 3.05) is 24.5 Å². The Morgan fingerprint density at radius 3 is 2.83 bits per heavy atom. The molecule has 1 aromatic heterocycles. The largest absolute Gasteiger partial charge is 0.423 e. The molecule has 2 heterocycles. The number of hydrogen-bond acceptors (Lipinski definition) is 4. The Labute approximate surface area is 152 Å². The van der Waals surface area contributed by atoms with Gasteiger partial charge in [-0.05, 0) is 41.1 Å². The Morgan fingerprint density at radius 2 is 2.17 bits per heavy atom. The average Bonchev–Trinajstić information content (AvgIpc) is 2.55. The van der Waals surface area contributed by atoms with Crippen molar-refractivity contribution >= 4 is 50.1 Å². The Bertz CT molecular complexity index is 880. The number of anilines is 1. The Kier molecular flexibility index (Phi) is 4.69. The minimum absolute atomic E-state index is 0.0115. The van der Waals surface area contributed by atoms with E-state index in [1.165, 1.54) is 12.1 Å². The average molecular weight is 412 g/mol. The van der Waals surface area contributed by atoms with Crippen LogP contribution >= 0.6 is 27.5 Å². The summed E-state index contributed by atoms with van der Waals surface area (Å²) in [4.78, 5) is 27.7. The first-order valence-electron chi connectivity index (χ1n) is 7.51. The molecule has 7 heteroatoms.